The lowest BCUT2D eigenvalue weighted by Gasteiger charge is -2.23. The van der Waals surface area contributed by atoms with Gasteiger partial charge in [0.15, 0.2) is 5.65 Å². The van der Waals surface area contributed by atoms with Crippen LogP contribution in [-0.2, 0) is 0 Å². The molecule has 0 aliphatic carbocycles. The van der Waals surface area contributed by atoms with E-state index >= 15 is 0 Å². The van der Waals surface area contributed by atoms with Gasteiger partial charge < -0.3 is 10.6 Å². The third kappa shape index (κ3) is 3.16. The fraction of sp³-hybridized carbons (Fsp3) is 0.333. The first-order valence-corrected chi connectivity index (χ1v) is 9.15. The van der Waals surface area contributed by atoms with Crippen LogP contribution in [0.2, 0.25) is 0 Å². The predicted molar refractivity (Wildman–Crippen MR) is 100 cm³/mol. The number of nitrogens with zero attached hydrogens (tertiary/aromatic N) is 3. The third-order valence-corrected chi connectivity index (χ3v) is 5.03. The molecule has 5 nitrogen and oxygen atoms in total. The fourth-order valence-electron chi connectivity index (χ4n) is 3.17. The van der Waals surface area contributed by atoms with Gasteiger partial charge in [-0.3, -0.25) is 0 Å². The first kappa shape index (κ1) is 15.6. The molecule has 4 rings (SSSR count). The largest absolute Gasteiger partial charge is 0.370 e. The molecule has 1 unspecified atom stereocenters. The van der Waals surface area contributed by atoms with Gasteiger partial charge in [0.1, 0.15) is 5.82 Å². The van der Waals surface area contributed by atoms with Gasteiger partial charge in [-0.2, -0.15) is 9.61 Å². The van der Waals surface area contributed by atoms with Crippen LogP contribution >= 0.6 is 15.9 Å². The molecular weight excluding hydrogens is 366 g/mol. The number of piperidine rings is 1. The zero-order valence-corrected chi connectivity index (χ0v) is 15.0. The van der Waals surface area contributed by atoms with Gasteiger partial charge in [0.25, 0.3) is 0 Å². The van der Waals surface area contributed by atoms with Gasteiger partial charge in [-0.25, -0.2) is 4.98 Å². The number of nitrogens with one attached hydrogen (secondary N) is 2. The molecule has 2 N–H and O–H groups in total. The van der Waals surface area contributed by atoms with Gasteiger partial charge in [0, 0.05) is 18.2 Å². The number of hydrogen-bond donors (Lipinski definition) is 2. The minimum atomic E-state index is 0.654. The van der Waals surface area contributed by atoms with Gasteiger partial charge >= 0.3 is 0 Å². The Morgan fingerprint density at radius 1 is 1.29 bits per heavy atom. The lowest BCUT2D eigenvalue weighted by atomic mass is 10.00. The lowest BCUT2D eigenvalue weighted by Crippen LogP contribution is -2.33. The normalized spacial score (nSPS) is 18.0. The molecule has 0 bridgehead atoms. The smallest absolute Gasteiger partial charge is 0.172 e. The minimum Gasteiger partial charge on any atom is -0.370 e. The Morgan fingerprint density at radius 2 is 2.17 bits per heavy atom. The molecule has 124 valence electrons. The highest BCUT2D eigenvalue weighted by Gasteiger charge is 2.15. The lowest BCUT2D eigenvalue weighted by molar-refractivity contribution is 0.392. The number of anilines is 1. The SMILES string of the molecule is Brc1cnn2c(NCC3CCCNC3)cc(-c3ccccc3)nc12. The van der Waals surface area contributed by atoms with Crippen molar-refractivity contribution in [3.8, 4) is 11.3 Å². The second-order valence-electron chi connectivity index (χ2n) is 6.21. The summed E-state index contributed by atoms with van der Waals surface area (Å²) in [5.41, 5.74) is 2.89. The number of fused-ring (bicyclic) bond motifs is 1. The average molecular weight is 386 g/mol. The van der Waals surface area contributed by atoms with Crippen molar-refractivity contribution in [1.82, 2.24) is 19.9 Å². The highest BCUT2D eigenvalue weighted by atomic mass is 79.9. The molecule has 2 aromatic heterocycles. The van der Waals surface area contributed by atoms with E-state index < -0.39 is 0 Å². The first-order valence-electron chi connectivity index (χ1n) is 8.35. The van der Waals surface area contributed by atoms with Crippen LogP contribution in [0.5, 0.6) is 0 Å². The van der Waals surface area contributed by atoms with Crippen molar-refractivity contribution in [2.75, 3.05) is 25.0 Å². The highest BCUT2D eigenvalue weighted by molar-refractivity contribution is 9.10. The summed E-state index contributed by atoms with van der Waals surface area (Å²) in [7, 11) is 0. The second-order valence-corrected chi connectivity index (χ2v) is 7.07. The van der Waals surface area contributed by atoms with Crippen LogP contribution in [0.4, 0.5) is 5.82 Å². The maximum absolute atomic E-state index is 4.76. The van der Waals surface area contributed by atoms with Crippen LogP contribution in [0.1, 0.15) is 12.8 Å². The molecule has 3 heterocycles. The maximum Gasteiger partial charge on any atom is 0.172 e. The molecule has 1 atom stereocenters. The number of hydrogen-bond acceptors (Lipinski definition) is 4. The average Bonchev–Trinajstić information content (AvgIpc) is 3.02. The molecule has 1 aliphatic heterocycles. The topological polar surface area (TPSA) is 54.2 Å². The monoisotopic (exact) mass is 385 g/mol. The van der Waals surface area contributed by atoms with Gasteiger partial charge in [0.05, 0.1) is 16.4 Å². The number of benzene rings is 1. The van der Waals surface area contributed by atoms with E-state index in [-0.39, 0.29) is 0 Å². The van der Waals surface area contributed by atoms with Crippen LogP contribution in [0.15, 0.2) is 47.1 Å². The summed E-state index contributed by atoms with van der Waals surface area (Å²) in [4.78, 5) is 4.76. The van der Waals surface area contributed by atoms with E-state index in [0.29, 0.717) is 5.92 Å². The van der Waals surface area contributed by atoms with E-state index in [1.807, 2.05) is 22.7 Å². The molecule has 1 aliphatic rings. The van der Waals surface area contributed by atoms with Gasteiger partial charge in [0.2, 0.25) is 0 Å². The number of rotatable bonds is 4. The number of halogens is 1. The van der Waals surface area contributed by atoms with Crippen molar-refractivity contribution >= 4 is 27.4 Å². The summed E-state index contributed by atoms with van der Waals surface area (Å²) in [5.74, 6) is 1.64. The summed E-state index contributed by atoms with van der Waals surface area (Å²) in [6, 6.07) is 12.3. The molecule has 0 radical (unpaired) electrons. The Kier molecular flexibility index (Phi) is 4.49. The molecular formula is C18H20BrN5. The molecule has 1 saturated heterocycles. The molecule has 1 aromatic carbocycles. The van der Waals surface area contributed by atoms with Crippen LogP contribution < -0.4 is 10.6 Å². The summed E-state index contributed by atoms with van der Waals surface area (Å²) in [5, 5.41) is 11.5. The van der Waals surface area contributed by atoms with Crippen LogP contribution in [0, 0.1) is 5.92 Å². The Morgan fingerprint density at radius 3 is 2.96 bits per heavy atom. The molecule has 3 aromatic rings. The highest BCUT2D eigenvalue weighted by Crippen LogP contribution is 2.26. The minimum absolute atomic E-state index is 0.654. The van der Waals surface area contributed by atoms with Crippen molar-refractivity contribution in [2.45, 2.75) is 12.8 Å². The van der Waals surface area contributed by atoms with Crippen molar-refractivity contribution in [3.05, 3.63) is 47.1 Å². The Balaban J connectivity index is 1.67. The van der Waals surface area contributed by atoms with Crippen LogP contribution in [0.25, 0.3) is 16.9 Å². The Labute approximate surface area is 149 Å². The first-order chi connectivity index (χ1) is 11.8. The molecule has 0 spiro atoms. The molecule has 0 saturated carbocycles. The molecule has 0 amide bonds. The van der Waals surface area contributed by atoms with Gasteiger partial charge in [-0.1, -0.05) is 30.3 Å². The van der Waals surface area contributed by atoms with Crippen molar-refractivity contribution in [2.24, 2.45) is 5.92 Å². The Hall–Kier alpha value is -1.92. The van der Waals surface area contributed by atoms with E-state index in [9.17, 15) is 0 Å². The van der Waals surface area contributed by atoms with E-state index in [1.54, 1.807) is 6.20 Å². The zero-order valence-electron chi connectivity index (χ0n) is 13.4. The van der Waals surface area contributed by atoms with E-state index in [2.05, 4.69) is 49.9 Å². The predicted octanol–water partition coefficient (Wildman–Crippen LogP) is 3.57. The second kappa shape index (κ2) is 6.91. The summed E-state index contributed by atoms with van der Waals surface area (Å²) < 4.78 is 2.77. The van der Waals surface area contributed by atoms with Crippen molar-refractivity contribution in [3.63, 3.8) is 0 Å². The molecule has 1 fully saturated rings. The van der Waals surface area contributed by atoms with Gasteiger partial charge in [-0.05, 0) is 47.8 Å². The van der Waals surface area contributed by atoms with E-state index in [1.165, 1.54) is 12.8 Å². The molecule has 6 heteroatoms. The fourth-order valence-corrected chi connectivity index (χ4v) is 3.51. The quantitative estimate of drug-likeness (QED) is 0.720. The molecule has 24 heavy (non-hydrogen) atoms. The van der Waals surface area contributed by atoms with Crippen molar-refractivity contribution in [1.29, 1.82) is 0 Å². The van der Waals surface area contributed by atoms with Crippen LogP contribution in [-0.4, -0.2) is 34.2 Å². The standard InChI is InChI=1S/C18H20BrN5/c19-15-12-22-24-17(21-11-13-5-4-8-20-10-13)9-16(23-18(15)24)14-6-2-1-3-7-14/h1-3,6-7,9,12-13,20-21H,4-5,8,10-11H2. The van der Waals surface area contributed by atoms with Gasteiger partial charge in [-0.15, -0.1) is 0 Å². The maximum atomic E-state index is 4.76. The number of aromatic nitrogens is 3. The summed E-state index contributed by atoms with van der Waals surface area (Å²) >= 11 is 3.55. The Bertz CT molecular complexity index is 824. The summed E-state index contributed by atoms with van der Waals surface area (Å²) in [6.45, 7) is 3.16. The van der Waals surface area contributed by atoms with Crippen LogP contribution in [0.3, 0.4) is 0 Å². The summed E-state index contributed by atoms with van der Waals surface area (Å²) in [6.07, 6.45) is 4.31. The van der Waals surface area contributed by atoms with E-state index in [4.69, 9.17) is 4.98 Å². The zero-order chi connectivity index (χ0) is 16.4. The van der Waals surface area contributed by atoms with E-state index in [0.717, 1.165) is 46.8 Å². The van der Waals surface area contributed by atoms with Crippen molar-refractivity contribution < 1.29 is 0 Å². The third-order valence-electron chi connectivity index (χ3n) is 4.47.